The minimum Gasteiger partial charge on any atom is -0.398 e. The van der Waals surface area contributed by atoms with Crippen molar-refractivity contribution in [2.45, 2.75) is 25.5 Å². The summed E-state index contributed by atoms with van der Waals surface area (Å²) in [6.07, 6.45) is 5.14. The van der Waals surface area contributed by atoms with Crippen LogP contribution in [0.2, 0.25) is 5.02 Å². The largest absolute Gasteiger partial charge is 0.398 e. The van der Waals surface area contributed by atoms with E-state index in [-0.39, 0.29) is 6.23 Å². The highest BCUT2D eigenvalue weighted by Crippen LogP contribution is 2.30. The molecule has 2 N–H and O–H groups in total. The van der Waals surface area contributed by atoms with E-state index in [1.54, 1.807) is 6.20 Å². The highest BCUT2D eigenvalue weighted by atomic mass is 35.5. The number of nitrogens with two attached hydrogens (primary N) is 1. The van der Waals surface area contributed by atoms with Gasteiger partial charge in [0.2, 0.25) is 0 Å². The number of hydrogen-bond acceptors (Lipinski definition) is 3. The molecule has 1 saturated heterocycles. The Hall–Kier alpha value is -1.26. The Bertz CT molecular complexity index is 546. The van der Waals surface area contributed by atoms with E-state index >= 15 is 0 Å². The second kappa shape index (κ2) is 4.20. The van der Waals surface area contributed by atoms with Gasteiger partial charge in [-0.05, 0) is 31.4 Å². The molecule has 5 heteroatoms. The van der Waals surface area contributed by atoms with Crippen molar-refractivity contribution >= 4 is 28.2 Å². The maximum Gasteiger partial charge on any atom is 0.150 e. The van der Waals surface area contributed by atoms with Gasteiger partial charge < -0.3 is 10.5 Å². The average Bonchev–Trinajstić information content (AvgIpc) is 2.74. The summed E-state index contributed by atoms with van der Waals surface area (Å²) in [6.45, 7) is 0.800. The zero-order valence-electron chi connectivity index (χ0n) is 9.40. The van der Waals surface area contributed by atoms with Crippen LogP contribution in [0, 0.1) is 0 Å². The standard InChI is InChI=1S/C12H14ClN3O/c13-9-6-11-8(5-10(9)14)7-15-16(11)12-3-1-2-4-17-12/h5-7,12H,1-4,14H2/t12-/m0/s1. The lowest BCUT2D eigenvalue weighted by Crippen LogP contribution is -2.18. The zero-order valence-corrected chi connectivity index (χ0v) is 10.2. The van der Waals surface area contributed by atoms with Crippen molar-refractivity contribution in [3.05, 3.63) is 23.4 Å². The van der Waals surface area contributed by atoms with Crippen LogP contribution in [-0.4, -0.2) is 16.4 Å². The van der Waals surface area contributed by atoms with Crippen molar-refractivity contribution in [1.82, 2.24) is 9.78 Å². The fourth-order valence-corrected chi connectivity index (χ4v) is 2.39. The molecule has 17 heavy (non-hydrogen) atoms. The predicted octanol–water partition coefficient (Wildman–Crippen LogP) is 2.97. The Balaban J connectivity index is 2.07. The molecule has 2 aromatic rings. The number of anilines is 1. The molecule has 1 aliphatic heterocycles. The van der Waals surface area contributed by atoms with E-state index in [1.807, 2.05) is 16.8 Å². The molecule has 4 nitrogen and oxygen atoms in total. The summed E-state index contributed by atoms with van der Waals surface area (Å²) >= 11 is 6.05. The molecule has 3 rings (SSSR count). The molecule has 1 atom stereocenters. The minimum absolute atomic E-state index is 0.0286. The number of nitrogen functional groups attached to an aromatic ring is 1. The number of hydrogen-bond donors (Lipinski definition) is 1. The highest BCUT2D eigenvalue weighted by Gasteiger charge is 2.18. The predicted molar refractivity (Wildman–Crippen MR) is 68.0 cm³/mol. The van der Waals surface area contributed by atoms with Gasteiger partial charge in [0.1, 0.15) is 0 Å². The van der Waals surface area contributed by atoms with Crippen molar-refractivity contribution in [3.8, 4) is 0 Å². The van der Waals surface area contributed by atoms with Crippen molar-refractivity contribution in [2.75, 3.05) is 12.3 Å². The summed E-state index contributed by atoms with van der Waals surface area (Å²) in [5.74, 6) is 0. The second-order valence-electron chi connectivity index (χ2n) is 4.34. The molecule has 2 heterocycles. The number of fused-ring (bicyclic) bond motifs is 1. The van der Waals surface area contributed by atoms with Gasteiger partial charge in [-0.1, -0.05) is 11.6 Å². The molecule has 90 valence electrons. The Morgan fingerprint density at radius 1 is 1.41 bits per heavy atom. The van der Waals surface area contributed by atoms with Gasteiger partial charge in [-0.15, -0.1) is 0 Å². The number of ether oxygens (including phenoxy) is 1. The van der Waals surface area contributed by atoms with Gasteiger partial charge in [0.15, 0.2) is 6.23 Å². The second-order valence-corrected chi connectivity index (χ2v) is 4.75. The van der Waals surface area contributed by atoms with Crippen LogP contribution in [0.25, 0.3) is 10.9 Å². The highest BCUT2D eigenvalue weighted by molar-refractivity contribution is 6.33. The molecular formula is C12H14ClN3O. The van der Waals surface area contributed by atoms with E-state index < -0.39 is 0 Å². The van der Waals surface area contributed by atoms with Crippen LogP contribution in [0.4, 0.5) is 5.69 Å². The van der Waals surface area contributed by atoms with Gasteiger partial charge in [0.05, 0.1) is 22.4 Å². The molecule has 0 bridgehead atoms. The van der Waals surface area contributed by atoms with Gasteiger partial charge in [-0.3, -0.25) is 0 Å². The average molecular weight is 252 g/mol. The molecule has 1 aromatic carbocycles. The lowest BCUT2D eigenvalue weighted by atomic mass is 10.2. The van der Waals surface area contributed by atoms with E-state index in [1.165, 1.54) is 6.42 Å². The van der Waals surface area contributed by atoms with Crippen LogP contribution in [0.3, 0.4) is 0 Å². The van der Waals surface area contributed by atoms with Gasteiger partial charge in [-0.2, -0.15) is 5.10 Å². The summed E-state index contributed by atoms with van der Waals surface area (Å²) in [4.78, 5) is 0. The van der Waals surface area contributed by atoms with Crippen LogP contribution < -0.4 is 5.73 Å². The summed E-state index contributed by atoms with van der Waals surface area (Å²) in [7, 11) is 0. The quantitative estimate of drug-likeness (QED) is 0.793. The summed E-state index contributed by atoms with van der Waals surface area (Å²) < 4.78 is 7.63. The Morgan fingerprint density at radius 3 is 3.06 bits per heavy atom. The Morgan fingerprint density at radius 2 is 2.29 bits per heavy atom. The van der Waals surface area contributed by atoms with Gasteiger partial charge in [-0.25, -0.2) is 4.68 Å². The molecule has 0 spiro atoms. The van der Waals surface area contributed by atoms with Crippen molar-refractivity contribution in [2.24, 2.45) is 0 Å². The van der Waals surface area contributed by atoms with Crippen LogP contribution in [-0.2, 0) is 4.74 Å². The minimum atomic E-state index is 0.0286. The summed E-state index contributed by atoms with van der Waals surface area (Å²) in [5, 5.41) is 5.94. The molecule has 0 saturated carbocycles. The molecular weight excluding hydrogens is 238 g/mol. The van der Waals surface area contributed by atoms with E-state index in [4.69, 9.17) is 22.1 Å². The summed E-state index contributed by atoms with van der Waals surface area (Å²) in [5.41, 5.74) is 7.34. The normalized spacial score (nSPS) is 20.9. The smallest absolute Gasteiger partial charge is 0.150 e. The molecule has 0 unspecified atom stereocenters. The lowest BCUT2D eigenvalue weighted by Gasteiger charge is -2.23. The third kappa shape index (κ3) is 1.87. The fraction of sp³-hybridized carbons (Fsp3) is 0.417. The van der Waals surface area contributed by atoms with Crippen LogP contribution >= 0.6 is 11.6 Å². The van der Waals surface area contributed by atoms with Crippen LogP contribution in [0.5, 0.6) is 0 Å². The topological polar surface area (TPSA) is 53.1 Å². The molecule has 1 aromatic heterocycles. The van der Waals surface area contributed by atoms with E-state index in [0.717, 1.165) is 30.4 Å². The number of halogens is 1. The van der Waals surface area contributed by atoms with E-state index in [2.05, 4.69) is 5.10 Å². The van der Waals surface area contributed by atoms with Crippen LogP contribution in [0.1, 0.15) is 25.5 Å². The first-order valence-electron chi connectivity index (χ1n) is 5.79. The maximum absolute atomic E-state index is 6.05. The molecule has 0 aliphatic carbocycles. The summed E-state index contributed by atoms with van der Waals surface area (Å²) in [6, 6.07) is 3.71. The third-order valence-corrected chi connectivity index (χ3v) is 3.47. The lowest BCUT2D eigenvalue weighted by molar-refractivity contribution is -0.0366. The number of aromatic nitrogens is 2. The number of nitrogens with zero attached hydrogens (tertiary/aromatic N) is 2. The number of benzene rings is 1. The van der Waals surface area contributed by atoms with Crippen molar-refractivity contribution in [1.29, 1.82) is 0 Å². The first-order valence-corrected chi connectivity index (χ1v) is 6.17. The molecule has 1 aliphatic rings. The zero-order chi connectivity index (χ0) is 11.8. The van der Waals surface area contributed by atoms with Crippen molar-refractivity contribution < 1.29 is 4.74 Å². The fourth-order valence-electron chi connectivity index (χ4n) is 2.23. The van der Waals surface area contributed by atoms with Gasteiger partial charge in [0, 0.05) is 12.0 Å². The molecule has 0 amide bonds. The first-order chi connectivity index (χ1) is 8.25. The molecule has 1 fully saturated rings. The Labute approximate surface area is 104 Å². The number of rotatable bonds is 1. The maximum atomic E-state index is 6.05. The van der Waals surface area contributed by atoms with Crippen molar-refractivity contribution in [3.63, 3.8) is 0 Å². The third-order valence-electron chi connectivity index (χ3n) is 3.14. The first kappa shape index (κ1) is 10.9. The van der Waals surface area contributed by atoms with Crippen LogP contribution in [0.15, 0.2) is 18.3 Å². The van der Waals surface area contributed by atoms with E-state index in [9.17, 15) is 0 Å². The van der Waals surface area contributed by atoms with E-state index in [0.29, 0.717) is 10.7 Å². The monoisotopic (exact) mass is 251 g/mol. The Kier molecular flexibility index (Phi) is 2.68. The van der Waals surface area contributed by atoms with Gasteiger partial charge >= 0.3 is 0 Å². The molecule has 0 radical (unpaired) electrons. The SMILES string of the molecule is Nc1cc2cnn([C@@H]3CCCCO3)c2cc1Cl. The van der Waals surface area contributed by atoms with Gasteiger partial charge in [0.25, 0.3) is 0 Å².